The minimum Gasteiger partial charge on any atom is -0.465 e. The summed E-state index contributed by atoms with van der Waals surface area (Å²) in [5, 5.41) is 8.77. The molecule has 0 spiro atoms. The van der Waals surface area contributed by atoms with Gasteiger partial charge in [-0.15, -0.1) is 0 Å². The number of rotatable bonds is 1. The molecule has 72 valence electrons. The van der Waals surface area contributed by atoms with E-state index in [2.05, 4.69) is 4.85 Å². The number of benzene rings is 1. The predicted octanol–water partition coefficient (Wildman–Crippen LogP) is 2.66. The Kier molecular flexibility index (Phi) is 2.73. The molecule has 4 heteroatoms. The molecule has 0 atom stereocenters. The van der Waals surface area contributed by atoms with E-state index in [4.69, 9.17) is 11.7 Å². The van der Waals surface area contributed by atoms with Gasteiger partial charge in [0.05, 0.1) is 6.57 Å². The van der Waals surface area contributed by atoms with E-state index in [1.165, 1.54) is 7.05 Å². The Morgan fingerprint density at radius 3 is 2.71 bits per heavy atom. The van der Waals surface area contributed by atoms with E-state index >= 15 is 0 Å². The second-order valence-electron chi connectivity index (χ2n) is 2.92. The van der Waals surface area contributed by atoms with Crippen LogP contribution < -0.4 is 4.90 Å². The average Bonchev–Trinajstić information content (AvgIpc) is 2.17. The van der Waals surface area contributed by atoms with Gasteiger partial charge in [-0.3, -0.25) is 4.90 Å². The van der Waals surface area contributed by atoms with Crippen molar-refractivity contribution in [2.24, 2.45) is 0 Å². The van der Waals surface area contributed by atoms with Gasteiger partial charge in [0.15, 0.2) is 5.69 Å². The van der Waals surface area contributed by atoms with Crippen LogP contribution in [0.5, 0.6) is 0 Å². The van der Waals surface area contributed by atoms with E-state index in [0.29, 0.717) is 11.4 Å². The molecule has 14 heavy (non-hydrogen) atoms. The van der Waals surface area contributed by atoms with E-state index in [9.17, 15) is 4.79 Å². The molecule has 1 rings (SSSR count). The minimum absolute atomic E-state index is 0.443. The molecule has 1 N–H and O–H groups in total. The highest BCUT2D eigenvalue weighted by atomic mass is 16.4. The monoisotopic (exact) mass is 190 g/mol. The quantitative estimate of drug-likeness (QED) is 0.692. The SMILES string of the molecule is [C-]#[N+]c1ccc(C)c(N(C)C(=O)O)c1. The number of hydrogen-bond donors (Lipinski definition) is 1. The van der Waals surface area contributed by atoms with Gasteiger partial charge in [-0.25, -0.2) is 9.64 Å². The Morgan fingerprint density at radius 2 is 2.21 bits per heavy atom. The molecule has 0 aliphatic heterocycles. The summed E-state index contributed by atoms with van der Waals surface area (Å²) in [7, 11) is 1.46. The summed E-state index contributed by atoms with van der Waals surface area (Å²) in [6.07, 6.45) is -1.03. The molecule has 0 aliphatic carbocycles. The van der Waals surface area contributed by atoms with Crippen LogP contribution in [0.25, 0.3) is 4.85 Å². The lowest BCUT2D eigenvalue weighted by atomic mass is 10.1. The lowest BCUT2D eigenvalue weighted by Crippen LogP contribution is -2.24. The van der Waals surface area contributed by atoms with Gasteiger partial charge in [-0.1, -0.05) is 12.1 Å². The van der Waals surface area contributed by atoms with Crippen LogP contribution in [0, 0.1) is 13.5 Å². The summed E-state index contributed by atoms with van der Waals surface area (Å²) < 4.78 is 0. The van der Waals surface area contributed by atoms with Gasteiger partial charge in [0.2, 0.25) is 0 Å². The van der Waals surface area contributed by atoms with E-state index < -0.39 is 6.09 Å². The first-order valence-electron chi connectivity index (χ1n) is 4.01. The van der Waals surface area contributed by atoms with E-state index in [1.54, 1.807) is 18.2 Å². The second kappa shape index (κ2) is 3.79. The standard InChI is InChI=1S/C10H10N2O2/c1-7-4-5-8(11-2)6-9(7)12(3)10(13)14/h4-6H,1,3H3,(H,13,14). The van der Waals surface area contributed by atoms with Crippen LogP contribution in [0.4, 0.5) is 16.2 Å². The van der Waals surface area contributed by atoms with Crippen LogP contribution in [-0.2, 0) is 0 Å². The van der Waals surface area contributed by atoms with E-state index in [0.717, 1.165) is 10.5 Å². The molecule has 0 radical (unpaired) electrons. The lowest BCUT2D eigenvalue weighted by Gasteiger charge is -2.15. The zero-order chi connectivity index (χ0) is 10.7. The van der Waals surface area contributed by atoms with Crippen LogP contribution in [0.15, 0.2) is 18.2 Å². The molecule has 4 nitrogen and oxygen atoms in total. The molecule has 0 fully saturated rings. The van der Waals surface area contributed by atoms with E-state index in [-0.39, 0.29) is 0 Å². The second-order valence-corrected chi connectivity index (χ2v) is 2.92. The summed E-state index contributed by atoms with van der Waals surface area (Å²) >= 11 is 0. The zero-order valence-corrected chi connectivity index (χ0v) is 7.98. The number of carbonyl (C=O) groups is 1. The number of aryl methyl sites for hydroxylation is 1. The molecular weight excluding hydrogens is 180 g/mol. The highest BCUT2D eigenvalue weighted by Gasteiger charge is 2.11. The summed E-state index contributed by atoms with van der Waals surface area (Å²) in [6, 6.07) is 4.97. The summed E-state index contributed by atoms with van der Waals surface area (Å²) in [5.41, 5.74) is 1.83. The van der Waals surface area contributed by atoms with Crippen LogP contribution >= 0.6 is 0 Å². The summed E-state index contributed by atoms with van der Waals surface area (Å²) in [5.74, 6) is 0. The van der Waals surface area contributed by atoms with Gasteiger partial charge < -0.3 is 5.11 Å². The first-order valence-corrected chi connectivity index (χ1v) is 4.01. The van der Waals surface area contributed by atoms with Crippen molar-refractivity contribution in [2.75, 3.05) is 11.9 Å². The van der Waals surface area contributed by atoms with Crippen molar-refractivity contribution >= 4 is 17.5 Å². The highest BCUT2D eigenvalue weighted by Crippen LogP contribution is 2.25. The van der Waals surface area contributed by atoms with Crippen molar-refractivity contribution in [1.29, 1.82) is 0 Å². The van der Waals surface area contributed by atoms with Gasteiger partial charge >= 0.3 is 6.09 Å². The molecule has 0 aliphatic rings. The average molecular weight is 190 g/mol. The molecule has 0 heterocycles. The van der Waals surface area contributed by atoms with Gasteiger partial charge in [-0.05, 0) is 18.6 Å². The van der Waals surface area contributed by atoms with Gasteiger partial charge in [-0.2, -0.15) is 0 Å². The molecule has 0 saturated carbocycles. The van der Waals surface area contributed by atoms with Crippen molar-refractivity contribution in [3.05, 3.63) is 35.2 Å². The number of hydrogen-bond acceptors (Lipinski definition) is 1. The van der Waals surface area contributed by atoms with Crippen molar-refractivity contribution in [1.82, 2.24) is 0 Å². The van der Waals surface area contributed by atoms with Crippen molar-refractivity contribution in [2.45, 2.75) is 6.92 Å². The van der Waals surface area contributed by atoms with Crippen LogP contribution in [0.3, 0.4) is 0 Å². The number of amides is 1. The normalized spacial score (nSPS) is 9.21. The smallest absolute Gasteiger partial charge is 0.411 e. The fourth-order valence-corrected chi connectivity index (χ4v) is 1.13. The Hall–Kier alpha value is -2.02. The fourth-order valence-electron chi connectivity index (χ4n) is 1.13. The third-order valence-corrected chi connectivity index (χ3v) is 1.97. The topological polar surface area (TPSA) is 44.9 Å². The molecule has 0 unspecified atom stereocenters. The zero-order valence-electron chi connectivity index (χ0n) is 7.98. The van der Waals surface area contributed by atoms with Crippen molar-refractivity contribution in [3.8, 4) is 0 Å². The Morgan fingerprint density at radius 1 is 1.57 bits per heavy atom. The minimum atomic E-state index is -1.03. The predicted molar refractivity (Wildman–Crippen MR) is 53.9 cm³/mol. The maximum Gasteiger partial charge on any atom is 0.411 e. The molecule has 1 aromatic carbocycles. The van der Waals surface area contributed by atoms with Gasteiger partial charge in [0, 0.05) is 12.7 Å². The lowest BCUT2D eigenvalue weighted by molar-refractivity contribution is 0.203. The molecule has 0 saturated heterocycles. The van der Waals surface area contributed by atoms with Gasteiger partial charge in [0.25, 0.3) is 0 Å². The number of anilines is 1. The largest absolute Gasteiger partial charge is 0.465 e. The fraction of sp³-hybridized carbons (Fsp3) is 0.200. The summed E-state index contributed by atoms with van der Waals surface area (Å²) in [6.45, 7) is 8.63. The first-order chi connectivity index (χ1) is 6.56. The molecule has 1 amide bonds. The van der Waals surface area contributed by atoms with Crippen LogP contribution in [0.2, 0.25) is 0 Å². The Labute approximate surface area is 82.2 Å². The maximum atomic E-state index is 10.7. The number of nitrogens with zero attached hydrogens (tertiary/aromatic N) is 2. The third-order valence-electron chi connectivity index (χ3n) is 1.97. The molecule has 0 aromatic heterocycles. The molecule has 0 bridgehead atoms. The third kappa shape index (κ3) is 1.83. The summed E-state index contributed by atoms with van der Waals surface area (Å²) in [4.78, 5) is 15.0. The van der Waals surface area contributed by atoms with Crippen molar-refractivity contribution in [3.63, 3.8) is 0 Å². The maximum absolute atomic E-state index is 10.7. The van der Waals surface area contributed by atoms with Crippen molar-refractivity contribution < 1.29 is 9.90 Å². The van der Waals surface area contributed by atoms with Gasteiger partial charge in [0.1, 0.15) is 0 Å². The Balaban J connectivity index is 3.20. The Bertz CT molecular complexity index is 407. The molecule has 1 aromatic rings. The molecular formula is C10H10N2O2. The number of carboxylic acid groups (broad SMARTS) is 1. The van der Waals surface area contributed by atoms with E-state index in [1.807, 2.05) is 6.92 Å². The van der Waals surface area contributed by atoms with Crippen LogP contribution in [-0.4, -0.2) is 18.2 Å². The van der Waals surface area contributed by atoms with Crippen LogP contribution in [0.1, 0.15) is 5.56 Å². The first kappa shape index (κ1) is 10.1. The highest BCUT2D eigenvalue weighted by molar-refractivity contribution is 5.87.